The molecule has 0 bridgehead atoms. The highest BCUT2D eigenvalue weighted by molar-refractivity contribution is 7.10. The monoisotopic (exact) mass is 428 g/mol. The minimum atomic E-state index is -0.633. The fourth-order valence-corrected chi connectivity index (χ4v) is 6.07. The second-order valence-electron chi connectivity index (χ2n) is 10.5. The van der Waals surface area contributed by atoms with Crippen molar-refractivity contribution in [1.29, 1.82) is 0 Å². The zero-order valence-corrected chi connectivity index (χ0v) is 19.6. The Kier molecular flexibility index (Phi) is 6.10. The summed E-state index contributed by atoms with van der Waals surface area (Å²) in [4.78, 5) is 7.30. The molecular weight excluding hydrogens is 392 g/mol. The molecule has 1 fully saturated rings. The largest absolute Gasteiger partial charge is 0.394 e. The number of aromatic nitrogens is 1. The predicted octanol–water partition coefficient (Wildman–Crippen LogP) is 4.69. The maximum absolute atomic E-state index is 9.67. The van der Waals surface area contributed by atoms with Gasteiger partial charge >= 0.3 is 0 Å². The van der Waals surface area contributed by atoms with Gasteiger partial charge in [0.25, 0.3) is 0 Å². The van der Waals surface area contributed by atoms with Gasteiger partial charge in [0.2, 0.25) is 0 Å². The zero-order valence-electron chi connectivity index (χ0n) is 18.8. The van der Waals surface area contributed by atoms with Crippen LogP contribution in [0, 0.1) is 0 Å². The number of rotatable bonds is 5. The molecule has 1 aromatic carbocycles. The first-order valence-corrected chi connectivity index (χ1v) is 12.2. The molecule has 0 amide bonds. The van der Waals surface area contributed by atoms with Gasteiger partial charge in [-0.3, -0.25) is 0 Å². The van der Waals surface area contributed by atoms with Crippen LogP contribution < -0.4 is 0 Å². The second kappa shape index (κ2) is 8.34. The summed E-state index contributed by atoms with van der Waals surface area (Å²) < 4.78 is 0. The number of likely N-dealkylation sites (tertiary alicyclic amines) is 1. The standard InChI is InChI=1S/C25H36N2O2S/c1-24(2)9-10-25(3,4)21-13-18(5-6-20(21)24)22-16-30-23(26-22)17-7-11-27(12-8-17)14-19(29)15-28/h5-6,13,16-17,19,28-29H,7-12,14-15H2,1-4H3. The Balaban J connectivity index is 1.50. The van der Waals surface area contributed by atoms with Crippen molar-refractivity contribution in [3.05, 3.63) is 39.7 Å². The first kappa shape index (κ1) is 21.9. The van der Waals surface area contributed by atoms with Crippen molar-refractivity contribution >= 4 is 11.3 Å². The van der Waals surface area contributed by atoms with E-state index in [4.69, 9.17) is 10.1 Å². The fraction of sp³-hybridized carbons (Fsp3) is 0.640. The van der Waals surface area contributed by atoms with E-state index in [1.807, 2.05) is 0 Å². The average molecular weight is 429 g/mol. The molecule has 1 saturated heterocycles. The number of hydrogen-bond acceptors (Lipinski definition) is 5. The van der Waals surface area contributed by atoms with Crippen molar-refractivity contribution in [2.24, 2.45) is 0 Å². The molecule has 2 N–H and O–H groups in total. The number of piperidine rings is 1. The molecule has 2 aromatic rings. The molecular formula is C25H36N2O2S. The van der Waals surface area contributed by atoms with Gasteiger partial charge in [-0.25, -0.2) is 4.98 Å². The maximum Gasteiger partial charge on any atom is 0.0964 e. The Labute approximate surface area is 185 Å². The number of benzene rings is 1. The molecule has 0 spiro atoms. The smallest absolute Gasteiger partial charge is 0.0964 e. The highest BCUT2D eigenvalue weighted by Gasteiger charge is 2.37. The molecule has 4 nitrogen and oxygen atoms in total. The van der Waals surface area contributed by atoms with E-state index in [2.05, 4.69) is 56.2 Å². The summed E-state index contributed by atoms with van der Waals surface area (Å²) in [7, 11) is 0. The minimum Gasteiger partial charge on any atom is -0.394 e. The zero-order chi connectivity index (χ0) is 21.5. The quantitative estimate of drug-likeness (QED) is 0.725. The van der Waals surface area contributed by atoms with E-state index in [-0.39, 0.29) is 17.4 Å². The van der Waals surface area contributed by atoms with Crippen LogP contribution in [0.5, 0.6) is 0 Å². The lowest BCUT2D eigenvalue weighted by atomic mass is 9.63. The Bertz CT molecular complexity index is 881. The third-order valence-electron chi connectivity index (χ3n) is 7.29. The van der Waals surface area contributed by atoms with Gasteiger partial charge in [0.05, 0.1) is 23.4 Å². The van der Waals surface area contributed by atoms with Crippen molar-refractivity contribution in [3.63, 3.8) is 0 Å². The Morgan fingerprint density at radius 3 is 2.43 bits per heavy atom. The topological polar surface area (TPSA) is 56.6 Å². The summed E-state index contributed by atoms with van der Waals surface area (Å²) in [6, 6.07) is 7.00. The number of nitrogens with zero attached hydrogens (tertiary/aromatic N) is 2. The molecule has 1 atom stereocenters. The first-order chi connectivity index (χ1) is 14.2. The van der Waals surface area contributed by atoms with E-state index in [1.54, 1.807) is 11.3 Å². The molecule has 1 unspecified atom stereocenters. The summed E-state index contributed by atoms with van der Waals surface area (Å²) in [5.41, 5.74) is 5.79. The summed E-state index contributed by atoms with van der Waals surface area (Å²) in [5.74, 6) is 0.499. The van der Waals surface area contributed by atoms with Gasteiger partial charge in [0, 0.05) is 23.4 Å². The lowest BCUT2D eigenvalue weighted by Gasteiger charge is -2.42. The molecule has 5 heteroatoms. The molecule has 2 aliphatic rings. The predicted molar refractivity (Wildman–Crippen MR) is 124 cm³/mol. The first-order valence-electron chi connectivity index (χ1n) is 11.3. The van der Waals surface area contributed by atoms with Crippen molar-refractivity contribution in [3.8, 4) is 11.3 Å². The van der Waals surface area contributed by atoms with Crippen molar-refractivity contribution in [2.75, 3.05) is 26.2 Å². The summed E-state index contributed by atoms with van der Waals surface area (Å²) >= 11 is 1.79. The van der Waals surface area contributed by atoms with E-state index in [0.717, 1.165) is 31.6 Å². The van der Waals surface area contributed by atoms with Crippen LogP contribution in [0.4, 0.5) is 0 Å². The van der Waals surface area contributed by atoms with Crippen LogP contribution in [-0.2, 0) is 10.8 Å². The lowest BCUT2D eigenvalue weighted by molar-refractivity contribution is 0.0513. The summed E-state index contributed by atoms with van der Waals surface area (Å²) in [6.45, 7) is 11.8. The Morgan fingerprint density at radius 1 is 1.10 bits per heavy atom. The van der Waals surface area contributed by atoms with Crippen molar-refractivity contribution < 1.29 is 10.2 Å². The molecule has 0 radical (unpaired) electrons. The molecule has 164 valence electrons. The van der Waals surface area contributed by atoms with Crippen LogP contribution in [0.2, 0.25) is 0 Å². The normalized spacial score (nSPS) is 22.6. The highest BCUT2D eigenvalue weighted by atomic mass is 32.1. The van der Waals surface area contributed by atoms with E-state index in [9.17, 15) is 5.11 Å². The van der Waals surface area contributed by atoms with Crippen LogP contribution >= 0.6 is 11.3 Å². The van der Waals surface area contributed by atoms with Crippen LogP contribution in [0.15, 0.2) is 23.6 Å². The van der Waals surface area contributed by atoms with E-state index in [1.165, 1.54) is 34.5 Å². The number of β-amino-alcohol motifs (C(OH)–C–C–N with tert-alkyl or cyclic N) is 1. The van der Waals surface area contributed by atoms with Gasteiger partial charge in [0.15, 0.2) is 0 Å². The maximum atomic E-state index is 9.67. The van der Waals surface area contributed by atoms with Gasteiger partial charge in [-0.1, -0.05) is 39.8 Å². The van der Waals surface area contributed by atoms with Crippen molar-refractivity contribution in [1.82, 2.24) is 9.88 Å². The number of fused-ring (bicyclic) bond motifs is 1. The van der Waals surface area contributed by atoms with Crippen molar-refractivity contribution in [2.45, 2.75) is 76.2 Å². The van der Waals surface area contributed by atoms with Gasteiger partial charge in [0.1, 0.15) is 0 Å². The summed E-state index contributed by atoms with van der Waals surface area (Å²) in [6.07, 6.45) is 3.96. The number of thiazole rings is 1. The Hall–Kier alpha value is -1.27. The second-order valence-corrected chi connectivity index (χ2v) is 11.4. The third kappa shape index (κ3) is 4.36. The molecule has 0 saturated carbocycles. The van der Waals surface area contributed by atoms with E-state index >= 15 is 0 Å². The average Bonchev–Trinajstić information content (AvgIpc) is 3.22. The minimum absolute atomic E-state index is 0.162. The molecule has 1 aliphatic heterocycles. The number of aliphatic hydroxyl groups excluding tert-OH is 2. The molecule has 30 heavy (non-hydrogen) atoms. The SMILES string of the molecule is CC1(C)CCC(C)(C)c2cc(-c3csc(C4CCN(CC(O)CO)CC4)n3)ccc21. The van der Waals surface area contributed by atoms with Gasteiger partial charge in [-0.15, -0.1) is 11.3 Å². The van der Waals surface area contributed by atoms with Crippen LogP contribution in [-0.4, -0.2) is 52.4 Å². The number of aliphatic hydroxyl groups is 2. The third-order valence-corrected chi connectivity index (χ3v) is 8.29. The molecule has 2 heterocycles. The van der Waals surface area contributed by atoms with Crippen LogP contribution in [0.1, 0.15) is 75.4 Å². The van der Waals surface area contributed by atoms with Gasteiger partial charge in [-0.2, -0.15) is 0 Å². The van der Waals surface area contributed by atoms with E-state index < -0.39 is 6.10 Å². The molecule has 4 rings (SSSR count). The number of hydrogen-bond donors (Lipinski definition) is 2. The lowest BCUT2D eigenvalue weighted by Crippen LogP contribution is -2.39. The Morgan fingerprint density at radius 2 is 1.77 bits per heavy atom. The molecule has 1 aliphatic carbocycles. The van der Waals surface area contributed by atoms with Crippen LogP contribution in [0.25, 0.3) is 11.3 Å². The van der Waals surface area contributed by atoms with Gasteiger partial charge < -0.3 is 15.1 Å². The summed E-state index contributed by atoms with van der Waals surface area (Å²) in [5, 5.41) is 22.2. The van der Waals surface area contributed by atoms with Crippen LogP contribution in [0.3, 0.4) is 0 Å². The molecule has 1 aromatic heterocycles. The fourth-order valence-electron chi connectivity index (χ4n) is 5.07. The van der Waals surface area contributed by atoms with E-state index in [0.29, 0.717) is 12.5 Å². The highest BCUT2D eigenvalue weighted by Crippen LogP contribution is 2.47. The van der Waals surface area contributed by atoms with Gasteiger partial charge in [-0.05, 0) is 66.8 Å².